The number of aromatic hydroxyl groups is 1. The zero-order valence-electron chi connectivity index (χ0n) is 31.7. The molecule has 0 spiro atoms. The lowest BCUT2D eigenvalue weighted by molar-refractivity contribution is -0.169. The summed E-state index contributed by atoms with van der Waals surface area (Å²) in [5.74, 6) is -0.622. The molecule has 2 aliphatic carbocycles. The van der Waals surface area contributed by atoms with Crippen molar-refractivity contribution in [2.75, 3.05) is 20.1 Å². The van der Waals surface area contributed by atoms with Gasteiger partial charge in [-0.2, -0.15) is 0 Å². The molecule has 0 aliphatic heterocycles. The third-order valence-corrected chi connectivity index (χ3v) is 13.7. The molecule has 4 heterocycles. The topological polar surface area (TPSA) is 166 Å². The van der Waals surface area contributed by atoms with Gasteiger partial charge in [0.2, 0.25) is 11.2 Å². The van der Waals surface area contributed by atoms with E-state index in [1.165, 1.54) is 51.5 Å². The van der Waals surface area contributed by atoms with Crippen LogP contribution in [0.4, 0.5) is 0 Å². The number of hydrogen-bond acceptors (Lipinski definition) is 12. The summed E-state index contributed by atoms with van der Waals surface area (Å²) in [5.41, 5.74) is 4.69. The minimum Gasteiger partial charge on any atom is -0.506 e. The molecule has 0 amide bonds. The van der Waals surface area contributed by atoms with Gasteiger partial charge in [-0.25, -0.2) is 9.48 Å². The molecule has 1 fully saturated rings. The van der Waals surface area contributed by atoms with Crippen molar-refractivity contribution < 1.29 is 24.9 Å². The van der Waals surface area contributed by atoms with Crippen LogP contribution in [0.2, 0.25) is 0 Å². The largest absolute Gasteiger partial charge is 0.506 e. The molecule has 1 unspecified atom stereocenters. The summed E-state index contributed by atoms with van der Waals surface area (Å²) in [7, 11) is 2.17. The lowest BCUT2D eigenvalue weighted by Crippen LogP contribution is -2.42. The number of H-pyrrole nitrogens is 1. The van der Waals surface area contributed by atoms with E-state index in [4.69, 9.17) is 4.74 Å². The van der Waals surface area contributed by atoms with Gasteiger partial charge in [-0.1, -0.05) is 17.3 Å². The van der Waals surface area contributed by atoms with E-state index in [9.17, 15) is 24.9 Å². The van der Waals surface area contributed by atoms with Gasteiger partial charge in [-0.05, 0) is 136 Å². The smallest absolute Gasteiger partial charge is 0.349 e. The van der Waals surface area contributed by atoms with E-state index in [1.807, 2.05) is 30.5 Å². The third kappa shape index (κ3) is 7.53. The van der Waals surface area contributed by atoms with Crippen molar-refractivity contribution in [3.05, 3.63) is 107 Å². The van der Waals surface area contributed by atoms with E-state index in [0.717, 1.165) is 80.4 Å². The first kappa shape index (κ1) is 38.4. The zero-order valence-corrected chi connectivity index (χ0v) is 33.3. The Morgan fingerprint density at radius 1 is 1.11 bits per heavy atom. The molecule has 5 N–H and O–H groups in total. The van der Waals surface area contributed by atoms with Crippen molar-refractivity contribution in [3.63, 3.8) is 0 Å². The number of thiophene rings is 2. The summed E-state index contributed by atoms with van der Waals surface area (Å²) >= 11 is 2.78. The van der Waals surface area contributed by atoms with Gasteiger partial charge in [-0.15, -0.1) is 27.8 Å². The van der Waals surface area contributed by atoms with Crippen LogP contribution in [0, 0.1) is 6.92 Å². The predicted molar refractivity (Wildman–Crippen MR) is 218 cm³/mol. The molecule has 294 valence electrons. The van der Waals surface area contributed by atoms with Crippen molar-refractivity contribution in [2.24, 2.45) is 0 Å². The highest BCUT2D eigenvalue weighted by molar-refractivity contribution is 7.13. The number of fused-ring (bicyclic) bond motifs is 4. The van der Waals surface area contributed by atoms with E-state index < -0.39 is 17.7 Å². The van der Waals surface area contributed by atoms with Gasteiger partial charge >= 0.3 is 5.97 Å². The van der Waals surface area contributed by atoms with Crippen molar-refractivity contribution in [1.82, 2.24) is 30.2 Å². The molecule has 12 nitrogen and oxygen atoms in total. The number of carbonyl (C=O) groups is 1. The molecule has 6 aromatic rings. The first-order valence-electron chi connectivity index (χ1n) is 19.4. The van der Waals surface area contributed by atoms with Gasteiger partial charge in [0, 0.05) is 42.0 Å². The fourth-order valence-electron chi connectivity index (χ4n) is 8.59. The number of benzene rings is 2. The molecule has 14 heteroatoms. The van der Waals surface area contributed by atoms with E-state index in [0.29, 0.717) is 45.4 Å². The number of ether oxygens (including phenoxy) is 1. The molecule has 4 aromatic heterocycles. The Morgan fingerprint density at radius 2 is 1.93 bits per heavy atom. The average Bonchev–Trinajstić information content (AvgIpc) is 4.03. The minimum absolute atomic E-state index is 0.0316. The summed E-state index contributed by atoms with van der Waals surface area (Å²) < 4.78 is 8.08. The van der Waals surface area contributed by atoms with Crippen LogP contribution in [0.25, 0.3) is 21.9 Å². The molecule has 56 heavy (non-hydrogen) atoms. The molecule has 0 radical (unpaired) electrons. The zero-order chi connectivity index (χ0) is 39.0. The quantitative estimate of drug-likeness (QED) is 0.0847. The second-order valence-electron chi connectivity index (χ2n) is 15.2. The highest BCUT2D eigenvalue weighted by Gasteiger charge is 2.45. The number of aromatic amines is 1. The van der Waals surface area contributed by atoms with E-state index in [1.54, 1.807) is 18.2 Å². The molecule has 0 saturated heterocycles. The normalized spacial score (nSPS) is 18.7. The number of nitrogens with zero attached hydrogens (tertiary/aromatic N) is 4. The van der Waals surface area contributed by atoms with Crippen LogP contribution in [0.5, 0.6) is 5.75 Å². The highest BCUT2D eigenvalue weighted by atomic mass is 32.1. The number of aliphatic hydroxyl groups excluding tert-OH is 1. The van der Waals surface area contributed by atoms with Crippen LogP contribution in [0.1, 0.15) is 81.5 Å². The summed E-state index contributed by atoms with van der Waals surface area (Å²) in [6, 6.07) is 16.1. The number of aromatic nitrogens is 4. The summed E-state index contributed by atoms with van der Waals surface area (Å²) in [6.07, 6.45) is 6.29. The summed E-state index contributed by atoms with van der Waals surface area (Å²) in [5, 5.41) is 48.1. The van der Waals surface area contributed by atoms with E-state index in [-0.39, 0.29) is 17.4 Å². The number of aryl methyl sites for hydroxylation is 3. The first-order valence-corrected chi connectivity index (χ1v) is 21.1. The molecule has 0 bridgehead atoms. The van der Waals surface area contributed by atoms with E-state index in [2.05, 4.69) is 43.3 Å². The Morgan fingerprint density at radius 3 is 2.70 bits per heavy atom. The number of esters is 1. The fourth-order valence-corrected chi connectivity index (χ4v) is 10.4. The molecule has 1 saturated carbocycles. The number of aliphatic hydroxyl groups is 2. The van der Waals surface area contributed by atoms with Crippen molar-refractivity contribution in [2.45, 2.75) is 95.2 Å². The maximum Gasteiger partial charge on any atom is 0.349 e. The Hall–Kier alpha value is -4.44. The summed E-state index contributed by atoms with van der Waals surface area (Å²) in [4.78, 5) is 32.6. The SMILES string of the molecule is Cc1ccc(C(O)(C(=O)OC2CCC(N(C)CCCn3nnc4cc(CNC[C@H](O)c5ccc(O)c6[nH]c(=O)ccc56)c5c(c43)CCC5)CC2)c2cccs2)s1. The summed E-state index contributed by atoms with van der Waals surface area (Å²) in [6.45, 7) is 4.51. The minimum atomic E-state index is -1.79. The first-order chi connectivity index (χ1) is 27.1. The molecule has 2 aliphatic rings. The van der Waals surface area contributed by atoms with E-state index >= 15 is 0 Å². The van der Waals surface area contributed by atoms with Crippen LogP contribution >= 0.6 is 22.7 Å². The Kier molecular flexibility index (Phi) is 11.1. The molecular formula is C42H48N6O6S2. The second kappa shape index (κ2) is 16.2. The third-order valence-electron chi connectivity index (χ3n) is 11.6. The van der Waals surface area contributed by atoms with Crippen LogP contribution in [0.15, 0.2) is 64.8 Å². The Bertz CT molecular complexity index is 2400. The number of nitrogens with one attached hydrogen (secondary N) is 2. The maximum absolute atomic E-state index is 13.6. The van der Waals surface area contributed by atoms with Crippen LogP contribution in [-0.2, 0) is 41.1 Å². The van der Waals surface area contributed by atoms with Gasteiger partial charge in [0.05, 0.1) is 26.9 Å². The monoisotopic (exact) mass is 796 g/mol. The van der Waals surface area contributed by atoms with Crippen LogP contribution in [-0.4, -0.2) is 78.4 Å². The van der Waals surface area contributed by atoms with Gasteiger partial charge < -0.3 is 35.3 Å². The number of phenols is 1. The predicted octanol–water partition coefficient (Wildman–Crippen LogP) is 5.83. The molecule has 8 rings (SSSR count). The number of pyridine rings is 1. The van der Waals surface area contributed by atoms with Gasteiger partial charge in [0.1, 0.15) is 17.4 Å². The van der Waals surface area contributed by atoms with Crippen molar-refractivity contribution in [3.8, 4) is 5.75 Å². The number of phenolic OH excluding ortho intramolecular Hbond substituents is 1. The van der Waals surface area contributed by atoms with Crippen LogP contribution in [0.3, 0.4) is 0 Å². The standard InChI is InChI=1S/C42H48N6O6S2/c1-25-9-17-37(56-25)42(53,36-8-4-21-55-36)41(52)54-28-12-10-27(11-13-28)47(2)19-5-20-48-40-32-7-3-6-29(32)26(22-33(40)45-46-48)23-43-24-35(50)30-14-16-34(49)39-31(30)15-18-38(51)44-39/h4,8-9,14-18,21-22,27-28,35,43,49-50,53H,3,5-7,10-13,19-20,23-24H2,1-2H3,(H,44,51)/t27?,28?,35-,42?/m0/s1. The Balaban J connectivity index is 0.843. The molecular weight excluding hydrogens is 749 g/mol. The van der Waals surface area contributed by atoms with Gasteiger partial charge in [0.25, 0.3) is 0 Å². The Labute approximate surface area is 332 Å². The molecule has 2 aromatic carbocycles. The van der Waals surface area contributed by atoms with Gasteiger partial charge in [0.15, 0.2) is 0 Å². The number of carbonyl (C=O) groups excluding carboxylic acids is 1. The van der Waals surface area contributed by atoms with Crippen molar-refractivity contribution >= 4 is 50.6 Å². The van der Waals surface area contributed by atoms with Crippen molar-refractivity contribution in [1.29, 1.82) is 0 Å². The fraction of sp³-hybridized carbons (Fsp3) is 0.429. The van der Waals surface area contributed by atoms with Crippen LogP contribution < -0.4 is 10.9 Å². The number of hydrogen-bond donors (Lipinski definition) is 5. The maximum atomic E-state index is 13.6. The highest BCUT2D eigenvalue weighted by Crippen LogP contribution is 2.39. The second-order valence-corrected chi connectivity index (χ2v) is 17.5. The number of rotatable bonds is 14. The lowest BCUT2D eigenvalue weighted by Gasteiger charge is -2.35. The lowest BCUT2D eigenvalue weighted by atomic mass is 9.91. The van der Waals surface area contributed by atoms with Gasteiger partial charge in [-0.3, -0.25) is 4.79 Å². The molecule has 2 atom stereocenters. The average molecular weight is 797 g/mol.